The molecule has 0 saturated carbocycles. The van der Waals surface area contributed by atoms with Crippen molar-refractivity contribution in [2.24, 2.45) is 21.6 Å². The largest absolute Gasteiger partial charge is 0.497 e. The summed E-state index contributed by atoms with van der Waals surface area (Å²) in [5, 5.41) is 12.5. The highest BCUT2D eigenvalue weighted by Crippen LogP contribution is 2.53. The number of rotatable bonds is 9. The quantitative estimate of drug-likeness (QED) is 0.159. The van der Waals surface area contributed by atoms with Crippen molar-refractivity contribution in [2.45, 2.75) is 19.1 Å². The molecule has 5 aromatic rings. The number of para-hydroxylation sites is 1. The predicted molar refractivity (Wildman–Crippen MR) is 189 cm³/mol. The minimum Gasteiger partial charge on any atom is -0.497 e. The number of halogens is 1. The summed E-state index contributed by atoms with van der Waals surface area (Å²) in [5.41, 5.74) is 4.21. The molecule has 2 aliphatic heterocycles. The minimum atomic E-state index is -1.18. The molecule has 2 aliphatic rings. The van der Waals surface area contributed by atoms with Crippen LogP contribution in [0.4, 0.5) is 5.69 Å². The van der Waals surface area contributed by atoms with Gasteiger partial charge in [-0.3, -0.25) is 9.80 Å². The first-order valence-corrected chi connectivity index (χ1v) is 16.1. The number of methoxy groups -OCH3 is 2. The van der Waals surface area contributed by atoms with Crippen molar-refractivity contribution in [3.63, 3.8) is 0 Å². The molecule has 0 bridgehead atoms. The summed E-state index contributed by atoms with van der Waals surface area (Å²) >= 11 is 6.29. The van der Waals surface area contributed by atoms with Gasteiger partial charge in [-0.1, -0.05) is 77.4 Å². The van der Waals surface area contributed by atoms with Gasteiger partial charge in [0.05, 0.1) is 37.1 Å². The lowest BCUT2D eigenvalue weighted by atomic mass is 9.65. The van der Waals surface area contributed by atoms with E-state index in [1.165, 1.54) is 0 Å². The Bertz CT molecular complexity index is 1960. The van der Waals surface area contributed by atoms with E-state index in [0.717, 1.165) is 27.9 Å². The number of ketones is 1. The molecule has 48 heavy (non-hydrogen) atoms. The van der Waals surface area contributed by atoms with Gasteiger partial charge < -0.3 is 14.3 Å². The van der Waals surface area contributed by atoms with Crippen molar-refractivity contribution in [3.8, 4) is 11.5 Å². The van der Waals surface area contributed by atoms with Gasteiger partial charge in [-0.25, -0.2) is 0 Å². The molecule has 5 aromatic carbocycles. The lowest BCUT2D eigenvalue weighted by Crippen LogP contribution is -2.47. The first kappa shape index (κ1) is 31.2. The number of hydrogen-bond donors (Lipinski definition) is 0. The van der Waals surface area contributed by atoms with E-state index in [0.29, 0.717) is 27.9 Å². The summed E-state index contributed by atoms with van der Waals surface area (Å²) in [6.07, 6.45) is -0.692. The normalized spacial score (nSPS) is 21.7. The molecule has 0 N–H and O–H groups in total. The Hall–Kier alpha value is -5.40. The highest BCUT2D eigenvalue weighted by atomic mass is 35.5. The smallest absolute Gasteiger partial charge is 0.168 e. The van der Waals surface area contributed by atoms with Crippen molar-refractivity contribution in [1.82, 2.24) is 0 Å². The number of carbonyl (C=O) groups excluding carboxylic acids is 1. The topological polar surface area (TPSA) is 72.7 Å². The molecule has 7 nitrogen and oxygen atoms in total. The van der Waals surface area contributed by atoms with Gasteiger partial charge in [0.2, 0.25) is 0 Å². The molecular formula is C40H34ClN3O4. The number of hydrogen-bond acceptors (Lipinski definition) is 7. The molecule has 0 aliphatic carbocycles. The van der Waals surface area contributed by atoms with E-state index >= 15 is 4.79 Å². The SMILES string of the molecule is COc1ccc(C2=NOC(c3ccc(Cl)cc3)C2C(=O)C2(C)C(c3ccc(OC)cc3)=NN(c3ccccc3)C2c2ccccc2)cc1. The fourth-order valence-corrected chi connectivity index (χ4v) is 6.88. The Morgan fingerprint density at radius 3 is 1.88 bits per heavy atom. The third-order valence-electron chi connectivity index (χ3n) is 9.23. The summed E-state index contributed by atoms with van der Waals surface area (Å²) in [5.74, 6) is 0.562. The van der Waals surface area contributed by atoms with Crippen LogP contribution in [0, 0.1) is 11.3 Å². The van der Waals surface area contributed by atoms with Crippen LogP contribution in [0.15, 0.2) is 144 Å². The second kappa shape index (κ2) is 13.0. The summed E-state index contributed by atoms with van der Waals surface area (Å²) in [6, 6.07) is 42.2. The average molecular weight is 656 g/mol. The number of nitrogens with zero attached hydrogens (tertiary/aromatic N) is 3. The molecule has 0 fully saturated rings. The van der Waals surface area contributed by atoms with Gasteiger partial charge in [0.15, 0.2) is 11.9 Å². The molecule has 0 saturated heterocycles. The van der Waals surface area contributed by atoms with Gasteiger partial charge in [0, 0.05) is 10.6 Å². The van der Waals surface area contributed by atoms with Crippen LogP contribution in [0.3, 0.4) is 0 Å². The van der Waals surface area contributed by atoms with Crippen LogP contribution in [0.2, 0.25) is 5.02 Å². The molecule has 7 rings (SSSR count). The van der Waals surface area contributed by atoms with Gasteiger partial charge in [-0.15, -0.1) is 0 Å². The Labute approximate surface area is 285 Å². The van der Waals surface area contributed by atoms with Gasteiger partial charge in [-0.2, -0.15) is 5.10 Å². The standard InChI is InChI=1S/C40H34ClN3O4/c1-40(39(45)34-35(26-16-22-32(46-2)23-17-26)43-48-36(34)27-14-20-30(41)21-15-27)37(28-18-24-33(47-3)25-19-28)42-44(31-12-8-5-9-13-31)38(40)29-10-6-4-7-11-29/h4-25,34,36,38H,1-3H3. The predicted octanol–water partition coefficient (Wildman–Crippen LogP) is 8.69. The van der Waals surface area contributed by atoms with Crippen molar-refractivity contribution in [1.29, 1.82) is 0 Å². The maximum atomic E-state index is 15.9. The zero-order chi connectivity index (χ0) is 33.3. The zero-order valence-corrected chi connectivity index (χ0v) is 27.5. The second-order valence-corrected chi connectivity index (χ2v) is 12.4. The lowest BCUT2D eigenvalue weighted by Gasteiger charge is -2.37. The molecule has 0 amide bonds. The summed E-state index contributed by atoms with van der Waals surface area (Å²) in [6.45, 7) is 2.00. The average Bonchev–Trinajstić information content (AvgIpc) is 3.72. The van der Waals surface area contributed by atoms with Crippen LogP contribution in [0.25, 0.3) is 0 Å². The van der Waals surface area contributed by atoms with E-state index in [1.807, 2.05) is 121 Å². The lowest BCUT2D eigenvalue weighted by molar-refractivity contribution is -0.130. The molecular weight excluding hydrogens is 622 g/mol. The molecule has 8 heteroatoms. The summed E-state index contributed by atoms with van der Waals surface area (Å²) in [7, 11) is 3.26. The molecule has 0 spiro atoms. The Morgan fingerprint density at radius 1 is 0.729 bits per heavy atom. The van der Waals surface area contributed by atoms with Crippen LogP contribution >= 0.6 is 11.6 Å². The van der Waals surface area contributed by atoms with Crippen LogP contribution in [-0.4, -0.2) is 31.4 Å². The first-order valence-electron chi connectivity index (χ1n) is 15.7. The molecule has 2 heterocycles. The van der Waals surface area contributed by atoms with Crippen LogP contribution in [-0.2, 0) is 9.63 Å². The molecule has 4 unspecified atom stereocenters. The third-order valence-corrected chi connectivity index (χ3v) is 9.48. The van der Waals surface area contributed by atoms with Gasteiger partial charge in [0.25, 0.3) is 0 Å². The maximum Gasteiger partial charge on any atom is 0.168 e. The van der Waals surface area contributed by atoms with Crippen molar-refractivity contribution < 1.29 is 19.1 Å². The van der Waals surface area contributed by atoms with E-state index in [9.17, 15) is 0 Å². The molecule has 0 radical (unpaired) electrons. The summed E-state index contributed by atoms with van der Waals surface area (Å²) < 4.78 is 10.9. The third kappa shape index (κ3) is 5.50. The Kier molecular flexibility index (Phi) is 8.46. The number of carbonyl (C=O) groups is 1. The van der Waals surface area contributed by atoms with Crippen molar-refractivity contribution in [3.05, 3.63) is 161 Å². The van der Waals surface area contributed by atoms with E-state index in [1.54, 1.807) is 26.4 Å². The van der Waals surface area contributed by atoms with Crippen LogP contribution < -0.4 is 14.5 Å². The number of anilines is 1. The van der Waals surface area contributed by atoms with Crippen LogP contribution in [0.1, 0.15) is 41.3 Å². The van der Waals surface area contributed by atoms with E-state index in [4.69, 9.17) is 31.0 Å². The first-order chi connectivity index (χ1) is 23.4. The summed E-state index contributed by atoms with van der Waals surface area (Å²) in [4.78, 5) is 22.0. The number of benzene rings is 5. The zero-order valence-electron chi connectivity index (χ0n) is 26.8. The van der Waals surface area contributed by atoms with Gasteiger partial charge in [0.1, 0.15) is 23.1 Å². The fourth-order valence-electron chi connectivity index (χ4n) is 6.76. The Morgan fingerprint density at radius 2 is 1.29 bits per heavy atom. The van der Waals surface area contributed by atoms with E-state index in [-0.39, 0.29) is 5.78 Å². The molecule has 240 valence electrons. The monoisotopic (exact) mass is 655 g/mol. The number of oxime groups is 1. The highest BCUT2D eigenvalue weighted by Gasteiger charge is 2.59. The van der Waals surface area contributed by atoms with Crippen molar-refractivity contribution >= 4 is 34.5 Å². The minimum absolute atomic E-state index is 0.0728. The van der Waals surface area contributed by atoms with Gasteiger partial charge in [-0.05, 0) is 96.4 Å². The van der Waals surface area contributed by atoms with Gasteiger partial charge >= 0.3 is 0 Å². The fraction of sp³-hybridized carbons (Fsp3) is 0.175. The maximum absolute atomic E-state index is 15.9. The van der Waals surface area contributed by atoms with E-state index in [2.05, 4.69) is 17.3 Å². The highest BCUT2D eigenvalue weighted by molar-refractivity contribution is 6.30. The molecule has 4 atom stereocenters. The number of hydrazone groups is 1. The second-order valence-electron chi connectivity index (χ2n) is 12.0. The number of Topliss-reactive ketones (excluding diaryl/α,β-unsaturated/α-hetero) is 1. The van der Waals surface area contributed by atoms with E-state index < -0.39 is 23.5 Å². The molecule has 0 aromatic heterocycles. The van der Waals surface area contributed by atoms with Crippen molar-refractivity contribution in [2.75, 3.05) is 19.2 Å². The Balaban J connectivity index is 1.44. The van der Waals surface area contributed by atoms with Crippen LogP contribution in [0.5, 0.6) is 11.5 Å². The number of ether oxygens (including phenoxy) is 2.